The molecule has 5 nitrogen and oxygen atoms in total. The lowest BCUT2D eigenvalue weighted by Gasteiger charge is -2.60. The summed E-state index contributed by atoms with van der Waals surface area (Å²) in [6, 6.07) is -0.0241. The molecule has 0 aromatic heterocycles. The first kappa shape index (κ1) is 17.7. The normalized spacial score (nSPS) is 30.5. The third kappa shape index (κ3) is 3.61. The van der Waals surface area contributed by atoms with Crippen LogP contribution in [0.5, 0.6) is 0 Å². The maximum Gasteiger partial charge on any atom is 0.214 e. The Morgan fingerprint density at radius 2 is 1.78 bits per heavy atom. The first-order valence-electron chi connectivity index (χ1n) is 8.85. The van der Waals surface area contributed by atoms with Crippen LogP contribution in [0.2, 0.25) is 0 Å². The first-order chi connectivity index (χ1) is 10.7. The highest BCUT2D eigenvalue weighted by molar-refractivity contribution is 7.91. The Labute approximate surface area is 140 Å². The first-order valence-corrected chi connectivity index (χ1v) is 12.3. The molecule has 0 N–H and O–H groups in total. The van der Waals surface area contributed by atoms with E-state index >= 15 is 0 Å². The summed E-state index contributed by atoms with van der Waals surface area (Å²) in [6.07, 6.45) is 5.54. The smallest absolute Gasteiger partial charge is 0.214 e. The molecule has 23 heavy (non-hydrogen) atoms. The fourth-order valence-corrected chi connectivity index (χ4v) is 8.15. The Balaban J connectivity index is 1.66. The summed E-state index contributed by atoms with van der Waals surface area (Å²) >= 11 is 0. The Morgan fingerprint density at radius 3 is 2.30 bits per heavy atom. The highest BCUT2D eigenvalue weighted by Gasteiger charge is 2.58. The molecule has 3 rings (SSSR count). The molecule has 0 amide bonds. The van der Waals surface area contributed by atoms with Crippen molar-refractivity contribution in [2.24, 2.45) is 17.3 Å². The number of hydrogen-bond acceptors (Lipinski definition) is 4. The summed E-state index contributed by atoms with van der Waals surface area (Å²) in [4.78, 5) is 0. The fourth-order valence-electron chi connectivity index (χ4n) is 4.48. The molecular formula is C16H29NO4S2. The van der Waals surface area contributed by atoms with E-state index in [1.807, 2.05) is 0 Å². The van der Waals surface area contributed by atoms with Gasteiger partial charge in [0.25, 0.3) is 0 Å². The molecule has 1 spiro atoms. The lowest BCUT2D eigenvalue weighted by atomic mass is 9.65. The molecule has 1 saturated carbocycles. The van der Waals surface area contributed by atoms with Crippen molar-refractivity contribution in [2.45, 2.75) is 58.4 Å². The van der Waals surface area contributed by atoms with Crippen molar-refractivity contribution < 1.29 is 16.8 Å². The molecule has 0 bridgehead atoms. The third-order valence-corrected chi connectivity index (χ3v) is 9.46. The van der Waals surface area contributed by atoms with Crippen LogP contribution in [0.4, 0.5) is 0 Å². The fraction of sp³-hybridized carbons (Fsp3) is 1.00. The molecule has 134 valence electrons. The van der Waals surface area contributed by atoms with Gasteiger partial charge in [-0.25, -0.2) is 16.8 Å². The Hall–Kier alpha value is -0.140. The summed E-state index contributed by atoms with van der Waals surface area (Å²) in [5, 5.41) is 0. The van der Waals surface area contributed by atoms with E-state index in [9.17, 15) is 16.8 Å². The zero-order chi connectivity index (χ0) is 16.9. The highest BCUT2D eigenvalue weighted by atomic mass is 32.2. The molecular weight excluding hydrogens is 334 g/mol. The summed E-state index contributed by atoms with van der Waals surface area (Å²) < 4.78 is 50.5. The van der Waals surface area contributed by atoms with Gasteiger partial charge in [-0.15, -0.1) is 0 Å². The maximum atomic E-state index is 12.7. The predicted octanol–water partition coefficient (Wildman–Crippen LogP) is 2.04. The summed E-state index contributed by atoms with van der Waals surface area (Å²) in [5.41, 5.74) is -0.108. The SMILES string of the molecule is CC(C)C1N(S(=O)(=O)CCCC2CC2)CC12CCS(=O)(=O)CC2. The minimum Gasteiger partial charge on any atom is -0.229 e. The number of sulfone groups is 1. The van der Waals surface area contributed by atoms with Crippen LogP contribution in [0.25, 0.3) is 0 Å². The molecule has 1 atom stereocenters. The van der Waals surface area contributed by atoms with Crippen LogP contribution in [-0.4, -0.2) is 51.0 Å². The van der Waals surface area contributed by atoms with Gasteiger partial charge in [0, 0.05) is 18.0 Å². The molecule has 2 aliphatic heterocycles. The van der Waals surface area contributed by atoms with E-state index in [1.54, 1.807) is 4.31 Å². The zero-order valence-electron chi connectivity index (χ0n) is 14.2. The zero-order valence-corrected chi connectivity index (χ0v) is 15.8. The largest absolute Gasteiger partial charge is 0.229 e. The molecule has 2 saturated heterocycles. The van der Waals surface area contributed by atoms with Gasteiger partial charge in [0.05, 0.1) is 17.3 Å². The Morgan fingerprint density at radius 1 is 1.17 bits per heavy atom. The van der Waals surface area contributed by atoms with E-state index in [4.69, 9.17) is 0 Å². The second-order valence-corrected chi connectivity index (χ2v) is 12.5. The van der Waals surface area contributed by atoms with Gasteiger partial charge in [0.15, 0.2) is 0 Å². The summed E-state index contributed by atoms with van der Waals surface area (Å²) in [6.45, 7) is 4.64. The van der Waals surface area contributed by atoms with Gasteiger partial charge in [-0.1, -0.05) is 26.7 Å². The average molecular weight is 364 g/mol. The van der Waals surface area contributed by atoms with Crippen molar-refractivity contribution >= 4 is 19.9 Å². The highest BCUT2D eigenvalue weighted by Crippen LogP contribution is 2.51. The molecule has 1 aliphatic carbocycles. The summed E-state index contributed by atoms with van der Waals surface area (Å²) in [7, 11) is -6.12. The molecule has 3 fully saturated rings. The van der Waals surface area contributed by atoms with E-state index in [1.165, 1.54) is 12.8 Å². The van der Waals surface area contributed by atoms with Crippen molar-refractivity contribution in [1.82, 2.24) is 4.31 Å². The second kappa shape index (κ2) is 5.99. The molecule has 2 heterocycles. The number of sulfonamides is 1. The van der Waals surface area contributed by atoms with E-state index in [-0.39, 0.29) is 34.6 Å². The van der Waals surface area contributed by atoms with Gasteiger partial charge in [-0.2, -0.15) is 4.31 Å². The third-order valence-electron chi connectivity index (χ3n) is 5.93. The monoisotopic (exact) mass is 363 g/mol. The van der Waals surface area contributed by atoms with Crippen LogP contribution in [0.3, 0.4) is 0 Å². The Bertz CT molecular complexity index is 636. The van der Waals surface area contributed by atoms with Gasteiger partial charge in [0.2, 0.25) is 10.0 Å². The van der Waals surface area contributed by atoms with Gasteiger partial charge >= 0.3 is 0 Å². The van der Waals surface area contributed by atoms with E-state index in [0.717, 1.165) is 18.8 Å². The van der Waals surface area contributed by atoms with Crippen molar-refractivity contribution in [3.63, 3.8) is 0 Å². The van der Waals surface area contributed by atoms with Crippen molar-refractivity contribution in [3.8, 4) is 0 Å². The van der Waals surface area contributed by atoms with Crippen LogP contribution in [-0.2, 0) is 19.9 Å². The van der Waals surface area contributed by atoms with Crippen molar-refractivity contribution in [3.05, 3.63) is 0 Å². The molecule has 0 radical (unpaired) electrons. The molecule has 1 unspecified atom stereocenters. The second-order valence-electron chi connectivity index (χ2n) is 8.15. The quantitative estimate of drug-likeness (QED) is 0.724. The van der Waals surface area contributed by atoms with Crippen LogP contribution < -0.4 is 0 Å². The Kier molecular flexibility index (Phi) is 4.60. The number of hydrogen-bond donors (Lipinski definition) is 0. The van der Waals surface area contributed by atoms with Crippen LogP contribution in [0.15, 0.2) is 0 Å². The van der Waals surface area contributed by atoms with Crippen molar-refractivity contribution in [1.29, 1.82) is 0 Å². The lowest BCUT2D eigenvalue weighted by molar-refractivity contribution is -0.0464. The standard InChI is InChI=1S/C16H29NO4S2/c1-13(2)15-16(7-10-22(18,19)11-8-16)12-17(15)23(20,21)9-3-4-14-5-6-14/h13-15H,3-12H2,1-2H3. The predicted molar refractivity (Wildman–Crippen MR) is 91.4 cm³/mol. The topological polar surface area (TPSA) is 71.5 Å². The lowest BCUT2D eigenvalue weighted by Crippen LogP contribution is -2.69. The number of nitrogens with zero attached hydrogens (tertiary/aromatic N) is 1. The van der Waals surface area contributed by atoms with E-state index < -0.39 is 19.9 Å². The van der Waals surface area contributed by atoms with Crippen LogP contribution >= 0.6 is 0 Å². The van der Waals surface area contributed by atoms with Crippen molar-refractivity contribution in [2.75, 3.05) is 23.8 Å². The van der Waals surface area contributed by atoms with Crippen LogP contribution in [0, 0.1) is 17.3 Å². The summed E-state index contributed by atoms with van der Waals surface area (Å²) in [5.74, 6) is 1.67. The molecule has 3 aliphatic rings. The van der Waals surface area contributed by atoms with Gasteiger partial charge in [-0.05, 0) is 37.5 Å². The van der Waals surface area contributed by atoms with E-state index in [0.29, 0.717) is 19.4 Å². The minimum absolute atomic E-state index is 0.0241. The van der Waals surface area contributed by atoms with Gasteiger partial charge < -0.3 is 0 Å². The molecule has 0 aromatic carbocycles. The minimum atomic E-state index is -3.21. The van der Waals surface area contributed by atoms with Gasteiger partial charge in [0.1, 0.15) is 9.84 Å². The maximum absolute atomic E-state index is 12.7. The molecule has 7 heteroatoms. The van der Waals surface area contributed by atoms with E-state index in [2.05, 4.69) is 13.8 Å². The molecule has 0 aromatic rings. The average Bonchev–Trinajstić information content (AvgIpc) is 3.20. The number of rotatable bonds is 6. The van der Waals surface area contributed by atoms with Gasteiger partial charge in [-0.3, -0.25) is 0 Å². The van der Waals surface area contributed by atoms with Crippen LogP contribution in [0.1, 0.15) is 52.4 Å².